The Kier molecular flexibility index (Phi) is 2.35. The first-order chi connectivity index (χ1) is 12.4. The van der Waals surface area contributed by atoms with Crippen LogP contribution < -0.4 is 0 Å². The molecule has 0 amide bonds. The fourth-order valence-corrected chi connectivity index (χ4v) is 3.93. The van der Waals surface area contributed by atoms with Crippen LogP contribution >= 0.6 is 0 Å². The molecule has 3 heterocycles. The number of hydrogen-bond donors (Lipinski definition) is 0. The number of aromatic nitrogens is 3. The van der Waals surface area contributed by atoms with Gasteiger partial charge >= 0.3 is 0 Å². The van der Waals surface area contributed by atoms with Gasteiger partial charge in [-0.15, -0.1) is 0 Å². The first kappa shape index (κ1) is 12.9. The zero-order valence-electron chi connectivity index (χ0n) is 13.3. The van der Waals surface area contributed by atoms with E-state index in [4.69, 9.17) is 9.97 Å². The highest BCUT2D eigenvalue weighted by molar-refractivity contribution is 6.22. The first-order valence-corrected chi connectivity index (χ1v) is 8.37. The molecule has 0 aliphatic heterocycles. The van der Waals surface area contributed by atoms with E-state index in [2.05, 4.69) is 65.1 Å². The Morgan fingerprint density at radius 3 is 2.52 bits per heavy atom. The second-order valence-electron chi connectivity index (χ2n) is 6.34. The van der Waals surface area contributed by atoms with Crippen molar-refractivity contribution >= 4 is 49.3 Å². The third kappa shape index (κ3) is 1.59. The number of nitrogens with zero attached hydrogens (tertiary/aromatic N) is 3. The topological polar surface area (TPSA) is 30.2 Å². The van der Waals surface area contributed by atoms with Crippen molar-refractivity contribution in [3.05, 3.63) is 79.0 Å². The largest absolute Gasteiger partial charge is 0.290 e. The Morgan fingerprint density at radius 2 is 1.52 bits per heavy atom. The molecule has 3 aromatic carbocycles. The van der Waals surface area contributed by atoms with Gasteiger partial charge in [0, 0.05) is 17.0 Å². The molecule has 6 aromatic rings. The monoisotopic (exact) mass is 319 g/mol. The molecule has 0 radical (unpaired) electrons. The summed E-state index contributed by atoms with van der Waals surface area (Å²) in [7, 11) is 0. The van der Waals surface area contributed by atoms with E-state index in [9.17, 15) is 0 Å². The number of fused-ring (bicyclic) bond motifs is 10. The van der Waals surface area contributed by atoms with Gasteiger partial charge in [0.1, 0.15) is 5.65 Å². The van der Waals surface area contributed by atoms with Gasteiger partial charge in [-0.1, -0.05) is 42.5 Å². The molecule has 3 heteroatoms. The second-order valence-corrected chi connectivity index (χ2v) is 6.34. The molecule has 0 bridgehead atoms. The standard InChI is InChI=1S/C22H13N3/c1-2-7-15-14(6-1)11-12-16-20(15)21-19(10-5-13-23-21)25-18-9-4-3-8-17(18)24-22(16)25/h1-13H. The van der Waals surface area contributed by atoms with Crippen LogP contribution in [-0.4, -0.2) is 14.4 Å². The van der Waals surface area contributed by atoms with E-state index in [1.54, 1.807) is 0 Å². The first-order valence-electron chi connectivity index (χ1n) is 8.37. The summed E-state index contributed by atoms with van der Waals surface area (Å²) in [5.74, 6) is 0. The minimum absolute atomic E-state index is 0.988. The van der Waals surface area contributed by atoms with Gasteiger partial charge in [0.15, 0.2) is 0 Å². The van der Waals surface area contributed by atoms with E-state index in [0.29, 0.717) is 0 Å². The molecular weight excluding hydrogens is 306 g/mol. The molecule has 0 saturated carbocycles. The molecular formula is C22H13N3. The van der Waals surface area contributed by atoms with E-state index in [1.165, 1.54) is 16.2 Å². The molecule has 0 aliphatic rings. The van der Waals surface area contributed by atoms with Gasteiger partial charge in [0.25, 0.3) is 0 Å². The summed E-state index contributed by atoms with van der Waals surface area (Å²) in [5.41, 5.74) is 5.22. The Bertz CT molecular complexity index is 1440. The summed E-state index contributed by atoms with van der Waals surface area (Å²) >= 11 is 0. The number of benzene rings is 3. The normalized spacial score (nSPS) is 12.0. The molecule has 0 saturated heterocycles. The van der Waals surface area contributed by atoms with Gasteiger partial charge in [-0.2, -0.15) is 0 Å². The fraction of sp³-hybridized carbons (Fsp3) is 0. The quantitative estimate of drug-likeness (QED) is 0.354. The van der Waals surface area contributed by atoms with E-state index in [0.717, 1.165) is 33.1 Å². The fourth-order valence-electron chi connectivity index (χ4n) is 3.93. The summed E-state index contributed by atoms with van der Waals surface area (Å²) in [6, 6.07) is 25.2. The predicted octanol–water partition coefficient (Wildman–Crippen LogP) is 5.34. The van der Waals surface area contributed by atoms with Gasteiger partial charge < -0.3 is 0 Å². The molecule has 3 nitrogen and oxygen atoms in total. The Morgan fingerprint density at radius 1 is 0.680 bits per heavy atom. The Labute approximate surface area is 143 Å². The Balaban J connectivity index is 2.06. The molecule has 0 aliphatic carbocycles. The number of rotatable bonds is 0. The summed E-state index contributed by atoms with van der Waals surface area (Å²) in [6.45, 7) is 0. The van der Waals surface area contributed by atoms with Crippen molar-refractivity contribution in [3.63, 3.8) is 0 Å². The van der Waals surface area contributed by atoms with Crippen LogP contribution in [0.4, 0.5) is 0 Å². The SMILES string of the molecule is c1ccc2c(c1)ccc1c2c2ncccc2n2c3ccccc3nc12. The molecule has 0 unspecified atom stereocenters. The van der Waals surface area contributed by atoms with Crippen molar-refractivity contribution in [2.75, 3.05) is 0 Å². The molecule has 6 rings (SSSR count). The maximum atomic E-state index is 4.94. The van der Waals surface area contributed by atoms with Crippen LogP contribution in [0.15, 0.2) is 79.0 Å². The highest BCUT2D eigenvalue weighted by atomic mass is 15.0. The van der Waals surface area contributed by atoms with E-state index in [-0.39, 0.29) is 0 Å². The van der Waals surface area contributed by atoms with Crippen molar-refractivity contribution in [1.82, 2.24) is 14.4 Å². The lowest BCUT2D eigenvalue weighted by atomic mass is 10.0. The van der Waals surface area contributed by atoms with Crippen LogP contribution in [0.3, 0.4) is 0 Å². The van der Waals surface area contributed by atoms with E-state index in [1.807, 2.05) is 18.3 Å². The van der Waals surface area contributed by atoms with Crippen LogP contribution in [0.25, 0.3) is 49.3 Å². The zero-order chi connectivity index (χ0) is 16.4. The lowest BCUT2D eigenvalue weighted by Gasteiger charge is -2.10. The van der Waals surface area contributed by atoms with Gasteiger partial charge in [-0.3, -0.25) is 9.38 Å². The van der Waals surface area contributed by atoms with Crippen molar-refractivity contribution < 1.29 is 0 Å². The maximum Gasteiger partial charge on any atom is 0.146 e. The molecule has 0 N–H and O–H groups in total. The molecule has 0 fully saturated rings. The van der Waals surface area contributed by atoms with Gasteiger partial charge in [0.2, 0.25) is 0 Å². The molecule has 0 atom stereocenters. The minimum atomic E-state index is 0.988. The lowest BCUT2D eigenvalue weighted by Crippen LogP contribution is -1.93. The summed E-state index contributed by atoms with van der Waals surface area (Å²) in [5, 5.41) is 4.76. The third-order valence-corrected chi connectivity index (χ3v) is 4.99. The van der Waals surface area contributed by atoms with Crippen molar-refractivity contribution in [3.8, 4) is 0 Å². The highest BCUT2D eigenvalue weighted by Gasteiger charge is 2.15. The number of imidazole rings is 1. The number of para-hydroxylation sites is 2. The predicted molar refractivity (Wildman–Crippen MR) is 103 cm³/mol. The smallest absolute Gasteiger partial charge is 0.146 e. The van der Waals surface area contributed by atoms with Gasteiger partial charge in [-0.05, 0) is 41.1 Å². The van der Waals surface area contributed by atoms with E-state index >= 15 is 0 Å². The van der Waals surface area contributed by atoms with E-state index < -0.39 is 0 Å². The van der Waals surface area contributed by atoms with Gasteiger partial charge in [0.05, 0.1) is 22.1 Å². The summed E-state index contributed by atoms with van der Waals surface area (Å²) in [6.07, 6.45) is 1.87. The number of hydrogen-bond acceptors (Lipinski definition) is 2. The zero-order valence-corrected chi connectivity index (χ0v) is 13.3. The highest BCUT2D eigenvalue weighted by Crippen LogP contribution is 2.35. The number of pyridine rings is 2. The molecule has 25 heavy (non-hydrogen) atoms. The second kappa shape index (κ2) is 4.54. The van der Waals surface area contributed by atoms with Crippen molar-refractivity contribution in [2.24, 2.45) is 0 Å². The van der Waals surface area contributed by atoms with Crippen LogP contribution in [0.5, 0.6) is 0 Å². The maximum absolute atomic E-state index is 4.94. The average Bonchev–Trinajstić information content (AvgIpc) is 3.07. The summed E-state index contributed by atoms with van der Waals surface area (Å²) in [4.78, 5) is 9.68. The minimum Gasteiger partial charge on any atom is -0.290 e. The molecule has 116 valence electrons. The molecule has 3 aromatic heterocycles. The average molecular weight is 319 g/mol. The van der Waals surface area contributed by atoms with Crippen LogP contribution in [0.2, 0.25) is 0 Å². The van der Waals surface area contributed by atoms with Crippen LogP contribution in [0.1, 0.15) is 0 Å². The lowest BCUT2D eigenvalue weighted by molar-refractivity contribution is 1.29. The van der Waals surface area contributed by atoms with Crippen LogP contribution in [0, 0.1) is 0 Å². The molecule has 0 spiro atoms. The summed E-state index contributed by atoms with van der Waals surface area (Å²) < 4.78 is 2.23. The third-order valence-electron chi connectivity index (χ3n) is 4.99. The van der Waals surface area contributed by atoms with Crippen LogP contribution in [-0.2, 0) is 0 Å². The van der Waals surface area contributed by atoms with Crippen molar-refractivity contribution in [2.45, 2.75) is 0 Å². The van der Waals surface area contributed by atoms with Crippen molar-refractivity contribution in [1.29, 1.82) is 0 Å². The van der Waals surface area contributed by atoms with Gasteiger partial charge in [-0.25, -0.2) is 4.98 Å². The Hall–Kier alpha value is -3.46.